The molecule has 2 aromatic carbocycles. The molecule has 0 spiro atoms. The highest BCUT2D eigenvalue weighted by Gasteiger charge is 2.35. The average Bonchev–Trinajstić information content (AvgIpc) is 3.09. The number of aliphatic hydroxyl groups is 1. The maximum atomic E-state index is 13.8. The van der Waals surface area contributed by atoms with Crippen molar-refractivity contribution in [2.45, 2.75) is 19.4 Å². The number of carbonyl (C=O) groups excluding carboxylic acids is 2. The monoisotopic (exact) mass is 401 g/mol. The van der Waals surface area contributed by atoms with Gasteiger partial charge in [-0.25, -0.2) is 4.39 Å². The lowest BCUT2D eigenvalue weighted by Gasteiger charge is -2.18. The number of nitro groups is 1. The molecule has 1 heterocycles. The van der Waals surface area contributed by atoms with Crippen molar-refractivity contribution >= 4 is 23.2 Å². The third kappa shape index (κ3) is 4.57. The first-order valence-corrected chi connectivity index (χ1v) is 9.03. The zero-order valence-corrected chi connectivity index (χ0v) is 15.7. The fourth-order valence-corrected chi connectivity index (χ4v) is 3.16. The Bertz CT molecular complexity index is 948. The van der Waals surface area contributed by atoms with E-state index in [4.69, 9.17) is 0 Å². The molecule has 1 fully saturated rings. The van der Waals surface area contributed by atoms with Crippen LogP contribution >= 0.6 is 0 Å². The van der Waals surface area contributed by atoms with E-state index < -0.39 is 28.7 Å². The molecule has 29 heavy (non-hydrogen) atoms. The summed E-state index contributed by atoms with van der Waals surface area (Å²) in [7, 11) is 0. The summed E-state index contributed by atoms with van der Waals surface area (Å²) in [6.07, 6.45) is -1.05. The van der Waals surface area contributed by atoms with E-state index >= 15 is 0 Å². The number of carbonyl (C=O) groups is 2. The van der Waals surface area contributed by atoms with Crippen LogP contribution in [0.3, 0.4) is 0 Å². The van der Waals surface area contributed by atoms with Gasteiger partial charge in [0.2, 0.25) is 11.8 Å². The molecule has 9 heteroatoms. The Morgan fingerprint density at radius 2 is 2.03 bits per heavy atom. The molecule has 2 amide bonds. The van der Waals surface area contributed by atoms with Gasteiger partial charge >= 0.3 is 0 Å². The number of non-ortho nitro benzene ring substituents is 1. The Hall–Kier alpha value is -3.33. The van der Waals surface area contributed by atoms with E-state index in [1.807, 2.05) is 0 Å². The zero-order valence-electron chi connectivity index (χ0n) is 15.7. The number of amides is 2. The number of hydrogen-bond donors (Lipinski definition) is 2. The second kappa shape index (κ2) is 8.36. The van der Waals surface area contributed by atoms with E-state index in [1.54, 1.807) is 19.1 Å². The van der Waals surface area contributed by atoms with Gasteiger partial charge in [-0.15, -0.1) is 0 Å². The van der Waals surface area contributed by atoms with Gasteiger partial charge in [0.1, 0.15) is 5.82 Å². The van der Waals surface area contributed by atoms with Gasteiger partial charge < -0.3 is 15.3 Å². The van der Waals surface area contributed by atoms with Crippen molar-refractivity contribution in [2.75, 3.05) is 18.0 Å². The number of aryl methyl sites for hydroxylation is 1. The number of hydrogen-bond acceptors (Lipinski definition) is 5. The van der Waals surface area contributed by atoms with Crippen molar-refractivity contribution in [1.82, 2.24) is 5.32 Å². The second-order valence-corrected chi connectivity index (χ2v) is 6.95. The van der Waals surface area contributed by atoms with Crippen molar-refractivity contribution in [3.63, 3.8) is 0 Å². The molecule has 2 N–H and O–H groups in total. The minimum absolute atomic E-state index is 0.00500. The van der Waals surface area contributed by atoms with Gasteiger partial charge in [0.05, 0.1) is 16.9 Å². The van der Waals surface area contributed by atoms with Crippen LogP contribution < -0.4 is 10.2 Å². The minimum atomic E-state index is -1.04. The molecule has 2 atom stereocenters. The lowest BCUT2D eigenvalue weighted by atomic mass is 10.1. The highest BCUT2D eigenvalue weighted by Crippen LogP contribution is 2.27. The summed E-state index contributed by atoms with van der Waals surface area (Å²) in [5, 5.41) is 23.4. The van der Waals surface area contributed by atoms with Crippen LogP contribution in [0.15, 0.2) is 42.5 Å². The lowest BCUT2D eigenvalue weighted by Crippen LogP contribution is -2.35. The molecule has 2 aromatic rings. The first-order chi connectivity index (χ1) is 13.8. The Balaban J connectivity index is 1.57. The largest absolute Gasteiger partial charge is 0.387 e. The summed E-state index contributed by atoms with van der Waals surface area (Å²) in [6.45, 7) is 1.65. The number of aliphatic hydroxyl groups excluding tert-OH is 1. The average molecular weight is 401 g/mol. The lowest BCUT2D eigenvalue weighted by molar-refractivity contribution is -0.384. The summed E-state index contributed by atoms with van der Waals surface area (Å²) in [5.74, 6) is -1.70. The Morgan fingerprint density at radius 3 is 2.66 bits per heavy atom. The highest BCUT2D eigenvalue weighted by molar-refractivity contribution is 6.00. The van der Waals surface area contributed by atoms with Crippen LogP contribution in [-0.4, -0.2) is 34.9 Å². The number of nitro benzene ring substituents is 1. The third-order valence-corrected chi connectivity index (χ3v) is 4.92. The minimum Gasteiger partial charge on any atom is -0.387 e. The van der Waals surface area contributed by atoms with Gasteiger partial charge in [-0.1, -0.05) is 6.07 Å². The van der Waals surface area contributed by atoms with Gasteiger partial charge in [-0.2, -0.15) is 0 Å². The van der Waals surface area contributed by atoms with Gasteiger partial charge in [0, 0.05) is 37.3 Å². The number of benzene rings is 2. The molecule has 0 radical (unpaired) electrons. The summed E-state index contributed by atoms with van der Waals surface area (Å²) in [4.78, 5) is 36.2. The fraction of sp³-hybridized carbons (Fsp3) is 0.300. The van der Waals surface area contributed by atoms with Crippen LogP contribution in [0.4, 0.5) is 15.8 Å². The maximum Gasteiger partial charge on any atom is 0.269 e. The zero-order chi connectivity index (χ0) is 21.1. The molecule has 0 unspecified atom stereocenters. The number of nitrogens with zero attached hydrogens (tertiary/aromatic N) is 2. The van der Waals surface area contributed by atoms with Gasteiger partial charge in [-0.05, 0) is 42.3 Å². The van der Waals surface area contributed by atoms with E-state index in [0.29, 0.717) is 16.8 Å². The van der Waals surface area contributed by atoms with E-state index in [9.17, 15) is 29.2 Å². The smallest absolute Gasteiger partial charge is 0.269 e. The number of nitrogens with one attached hydrogen (secondary N) is 1. The van der Waals surface area contributed by atoms with E-state index in [2.05, 4.69) is 5.32 Å². The van der Waals surface area contributed by atoms with Crippen LogP contribution in [0.2, 0.25) is 0 Å². The predicted octanol–water partition coefficient (Wildman–Crippen LogP) is 2.25. The number of rotatable bonds is 6. The molecule has 3 rings (SSSR count). The van der Waals surface area contributed by atoms with Crippen LogP contribution in [0.5, 0.6) is 0 Å². The van der Waals surface area contributed by atoms with Gasteiger partial charge in [0.15, 0.2) is 0 Å². The maximum absolute atomic E-state index is 13.8. The first kappa shape index (κ1) is 20.4. The van der Waals surface area contributed by atoms with Crippen molar-refractivity contribution in [3.05, 3.63) is 69.5 Å². The molecule has 8 nitrogen and oxygen atoms in total. The number of anilines is 1. The standard InChI is InChI=1S/C20H20FN3O5/c1-12-2-5-16(9-17(12)21)23-11-14(8-19(23)26)20(27)22-10-18(25)13-3-6-15(7-4-13)24(28)29/h2-7,9,14,18,25H,8,10-11H2,1H3,(H,22,27)/t14-,18-/m1/s1. The SMILES string of the molecule is Cc1ccc(N2C[C@H](C(=O)NC[C@@H](O)c3ccc([N+](=O)[O-])cc3)CC2=O)cc1F. The van der Waals surface area contributed by atoms with Crippen molar-refractivity contribution < 1.29 is 24.0 Å². The Labute approximate surface area is 166 Å². The van der Waals surface area contributed by atoms with Crippen molar-refractivity contribution in [1.29, 1.82) is 0 Å². The first-order valence-electron chi connectivity index (χ1n) is 9.03. The molecular formula is C20H20FN3O5. The predicted molar refractivity (Wildman–Crippen MR) is 103 cm³/mol. The highest BCUT2D eigenvalue weighted by atomic mass is 19.1. The van der Waals surface area contributed by atoms with Crippen molar-refractivity contribution in [3.8, 4) is 0 Å². The molecule has 0 aliphatic carbocycles. The summed E-state index contributed by atoms with van der Waals surface area (Å²) in [6, 6.07) is 9.86. The summed E-state index contributed by atoms with van der Waals surface area (Å²) >= 11 is 0. The quantitative estimate of drug-likeness (QED) is 0.569. The molecule has 1 aliphatic rings. The molecule has 152 valence electrons. The van der Waals surface area contributed by atoms with Gasteiger partial charge in [0.25, 0.3) is 5.69 Å². The molecule has 0 saturated carbocycles. The Morgan fingerprint density at radius 1 is 1.34 bits per heavy atom. The van der Waals surface area contributed by atoms with Crippen molar-refractivity contribution in [2.24, 2.45) is 5.92 Å². The van der Waals surface area contributed by atoms with E-state index in [-0.39, 0.29) is 31.1 Å². The molecule has 1 saturated heterocycles. The van der Waals surface area contributed by atoms with Crippen LogP contribution in [0.25, 0.3) is 0 Å². The van der Waals surface area contributed by atoms with E-state index in [0.717, 1.165) is 0 Å². The topological polar surface area (TPSA) is 113 Å². The summed E-state index contributed by atoms with van der Waals surface area (Å²) in [5.41, 5.74) is 1.20. The summed E-state index contributed by atoms with van der Waals surface area (Å²) < 4.78 is 13.8. The molecule has 0 bridgehead atoms. The van der Waals surface area contributed by atoms with E-state index in [1.165, 1.54) is 35.2 Å². The van der Waals surface area contributed by atoms with Crippen LogP contribution in [0, 0.1) is 28.8 Å². The van der Waals surface area contributed by atoms with Crippen LogP contribution in [-0.2, 0) is 9.59 Å². The normalized spacial score (nSPS) is 17.3. The van der Waals surface area contributed by atoms with Gasteiger partial charge in [-0.3, -0.25) is 19.7 Å². The Kier molecular flexibility index (Phi) is 5.88. The molecular weight excluding hydrogens is 381 g/mol. The molecule has 0 aromatic heterocycles. The molecule has 1 aliphatic heterocycles. The second-order valence-electron chi connectivity index (χ2n) is 6.95. The number of halogens is 1. The van der Waals surface area contributed by atoms with Crippen LogP contribution in [0.1, 0.15) is 23.7 Å². The fourth-order valence-electron chi connectivity index (χ4n) is 3.16. The third-order valence-electron chi connectivity index (χ3n) is 4.92.